The van der Waals surface area contributed by atoms with Crippen molar-refractivity contribution in [2.75, 3.05) is 45.2 Å². The van der Waals surface area contributed by atoms with E-state index in [1.807, 2.05) is 33.0 Å². The molecule has 0 saturated carbocycles. The minimum Gasteiger partial charge on any atom is -0.452 e. The van der Waals surface area contributed by atoms with Gasteiger partial charge in [-0.25, -0.2) is 18.2 Å². The molecule has 0 bridgehead atoms. The van der Waals surface area contributed by atoms with Crippen molar-refractivity contribution in [2.45, 2.75) is 18.7 Å². The van der Waals surface area contributed by atoms with E-state index < -0.39 is 28.5 Å². The van der Waals surface area contributed by atoms with E-state index in [-0.39, 0.29) is 10.5 Å². The molecular weight excluding hydrogens is 476 g/mol. The van der Waals surface area contributed by atoms with Gasteiger partial charge >= 0.3 is 5.97 Å². The highest BCUT2D eigenvalue weighted by atomic mass is 32.2. The van der Waals surface area contributed by atoms with Gasteiger partial charge in [0.1, 0.15) is 0 Å². The summed E-state index contributed by atoms with van der Waals surface area (Å²) in [7, 11) is -1.78. The smallest absolute Gasteiger partial charge is 0.338 e. The average molecular weight is 503 g/mol. The molecule has 2 heterocycles. The number of aryl methyl sites for hydroxylation is 2. The van der Waals surface area contributed by atoms with Crippen LogP contribution in [0.25, 0.3) is 10.2 Å². The first kappa shape index (κ1) is 24.3. The molecule has 0 atom stereocenters. The Morgan fingerprint density at radius 1 is 1.12 bits per heavy atom. The fourth-order valence-electron chi connectivity index (χ4n) is 3.75. The van der Waals surface area contributed by atoms with Crippen molar-refractivity contribution in [3.8, 4) is 0 Å². The molecule has 1 saturated heterocycles. The number of amides is 1. The Morgan fingerprint density at radius 3 is 2.59 bits per heavy atom. The van der Waals surface area contributed by atoms with E-state index in [0.717, 1.165) is 21.3 Å². The molecule has 1 fully saturated rings. The lowest BCUT2D eigenvalue weighted by Gasteiger charge is -2.31. The molecule has 0 spiro atoms. The van der Waals surface area contributed by atoms with Crippen LogP contribution in [0.3, 0.4) is 0 Å². The maximum Gasteiger partial charge on any atom is 0.338 e. The number of ether oxygens (including phenoxy) is 1. The van der Waals surface area contributed by atoms with Gasteiger partial charge in [0, 0.05) is 26.2 Å². The number of anilines is 1. The zero-order chi connectivity index (χ0) is 24.5. The molecule has 180 valence electrons. The quantitative estimate of drug-likeness (QED) is 0.516. The first-order chi connectivity index (χ1) is 16.1. The monoisotopic (exact) mass is 502 g/mol. The van der Waals surface area contributed by atoms with Crippen LogP contribution >= 0.6 is 11.3 Å². The summed E-state index contributed by atoms with van der Waals surface area (Å²) in [6.07, 6.45) is 0. The van der Waals surface area contributed by atoms with Crippen LogP contribution in [0.4, 0.5) is 5.13 Å². The average Bonchev–Trinajstić information content (AvgIpc) is 3.20. The minimum absolute atomic E-state index is 0.0242. The lowest BCUT2D eigenvalue weighted by molar-refractivity contribution is -0.119. The fraction of sp³-hybridized carbons (Fsp3) is 0.348. The predicted octanol–water partition coefficient (Wildman–Crippen LogP) is 2.64. The summed E-state index contributed by atoms with van der Waals surface area (Å²) in [4.78, 5) is 31.3. The third-order valence-corrected chi connectivity index (χ3v) is 8.39. The summed E-state index contributed by atoms with van der Waals surface area (Å²) >= 11 is 1.34. The number of nitrogens with zero attached hydrogens (tertiary/aromatic N) is 3. The van der Waals surface area contributed by atoms with Crippen molar-refractivity contribution in [3.63, 3.8) is 0 Å². The lowest BCUT2D eigenvalue weighted by Crippen LogP contribution is -2.47. The number of hydrogen-bond donors (Lipinski definition) is 1. The molecule has 4 rings (SSSR count). The van der Waals surface area contributed by atoms with Crippen LogP contribution in [0.1, 0.15) is 21.5 Å². The molecule has 0 unspecified atom stereocenters. The summed E-state index contributed by atoms with van der Waals surface area (Å²) in [6, 6.07) is 9.71. The highest BCUT2D eigenvalue weighted by Gasteiger charge is 2.28. The number of esters is 1. The number of nitrogens with one attached hydrogen (secondary N) is 1. The molecule has 0 radical (unpaired) electrons. The first-order valence-corrected chi connectivity index (χ1v) is 13.0. The normalized spacial score (nSPS) is 15.4. The first-order valence-electron chi connectivity index (χ1n) is 10.8. The van der Waals surface area contributed by atoms with Gasteiger partial charge in [-0.3, -0.25) is 10.1 Å². The van der Waals surface area contributed by atoms with Crippen molar-refractivity contribution >= 4 is 48.6 Å². The van der Waals surface area contributed by atoms with Crippen molar-refractivity contribution in [3.05, 3.63) is 53.1 Å². The van der Waals surface area contributed by atoms with Gasteiger partial charge in [0.2, 0.25) is 10.0 Å². The summed E-state index contributed by atoms with van der Waals surface area (Å²) in [5.74, 6) is -1.30. The van der Waals surface area contributed by atoms with Crippen LogP contribution < -0.4 is 5.32 Å². The third-order valence-electron chi connectivity index (χ3n) is 5.58. The van der Waals surface area contributed by atoms with Gasteiger partial charge < -0.3 is 9.64 Å². The zero-order valence-electron chi connectivity index (χ0n) is 19.2. The largest absolute Gasteiger partial charge is 0.452 e. The van der Waals surface area contributed by atoms with Gasteiger partial charge in [0.05, 0.1) is 20.7 Å². The number of fused-ring (bicyclic) bond motifs is 1. The van der Waals surface area contributed by atoms with Gasteiger partial charge in [0.25, 0.3) is 5.91 Å². The molecule has 9 nitrogen and oxygen atoms in total. The standard InChI is InChI=1S/C23H26N4O5S2/c1-15-11-16(2)21-19(12-15)33-23(25-21)24-20(28)14-32-22(29)17-5-4-6-18(13-17)34(30,31)27-9-7-26(3)8-10-27/h4-6,11-13H,7-10,14H2,1-3H3,(H,24,25,28). The maximum absolute atomic E-state index is 12.9. The van der Waals surface area contributed by atoms with Crippen LogP contribution in [-0.2, 0) is 19.6 Å². The number of carbonyl (C=O) groups excluding carboxylic acids is 2. The van der Waals surface area contributed by atoms with Gasteiger partial charge in [-0.2, -0.15) is 4.31 Å². The minimum atomic E-state index is -3.72. The molecule has 1 aromatic heterocycles. The molecular formula is C23H26N4O5S2. The number of thiazole rings is 1. The number of carbonyl (C=O) groups is 2. The Balaban J connectivity index is 1.38. The fourth-order valence-corrected chi connectivity index (χ4v) is 6.28. The summed E-state index contributed by atoms with van der Waals surface area (Å²) < 4.78 is 33.4. The highest BCUT2D eigenvalue weighted by Crippen LogP contribution is 2.29. The van der Waals surface area contributed by atoms with Crippen LogP contribution in [0.2, 0.25) is 0 Å². The third kappa shape index (κ3) is 5.27. The van der Waals surface area contributed by atoms with Crippen LogP contribution in [0, 0.1) is 13.8 Å². The zero-order valence-corrected chi connectivity index (χ0v) is 20.8. The van der Waals surface area contributed by atoms with Crippen molar-refractivity contribution in [2.24, 2.45) is 0 Å². The second-order valence-corrected chi connectivity index (χ2v) is 11.3. The van der Waals surface area contributed by atoms with Crippen LogP contribution in [0.5, 0.6) is 0 Å². The van der Waals surface area contributed by atoms with Gasteiger partial charge in [-0.15, -0.1) is 0 Å². The molecule has 11 heteroatoms. The predicted molar refractivity (Wildman–Crippen MR) is 131 cm³/mol. The Hall–Kier alpha value is -2.86. The van der Waals surface area contributed by atoms with Gasteiger partial charge in [-0.1, -0.05) is 23.5 Å². The molecule has 1 N–H and O–H groups in total. The number of likely N-dealkylation sites (N-methyl/N-ethyl adjacent to an activating group) is 1. The van der Waals surface area contributed by atoms with Crippen LogP contribution in [-0.4, -0.2) is 74.3 Å². The summed E-state index contributed by atoms with van der Waals surface area (Å²) in [6.45, 7) is 5.50. The Kier molecular flexibility index (Phi) is 6.99. The number of benzene rings is 2. The van der Waals surface area contributed by atoms with E-state index in [1.165, 1.54) is 39.9 Å². The van der Waals surface area contributed by atoms with E-state index in [1.54, 1.807) is 0 Å². The van der Waals surface area contributed by atoms with Crippen molar-refractivity contribution < 1.29 is 22.7 Å². The lowest BCUT2D eigenvalue weighted by atomic mass is 10.1. The van der Waals surface area contributed by atoms with E-state index in [9.17, 15) is 18.0 Å². The number of aromatic nitrogens is 1. The van der Waals surface area contributed by atoms with E-state index in [0.29, 0.717) is 31.3 Å². The molecule has 1 aliphatic rings. The topological polar surface area (TPSA) is 109 Å². The number of rotatable bonds is 6. The van der Waals surface area contributed by atoms with Crippen molar-refractivity contribution in [1.82, 2.24) is 14.2 Å². The Morgan fingerprint density at radius 2 is 1.85 bits per heavy atom. The van der Waals surface area contributed by atoms with Crippen molar-refractivity contribution in [1.29, 1.82) is 0 Å². The van der Waals surface area contributed by atoms with E-state index >= 15 is 0 Å². The molecule has 3 aromatic rings. The van der Waals surface area contributed by atoms with Crippen LogP contribution in [0.15, 0.2) is 41.3 Å². The highest BCUT2D eigenvalue weighted by molar-refractivity contribution is 7.89. The maximum atomic E-state index is 12.9. The second kappa shape index (κ2) is 9.79. The summed E-state index contributed by atoms with van der Waals surface area (Å²) in [5, 5.41) is 3.07. The molecule has 34 heavy (non-hydrogen) atoms. The van der Waals surface area contributed by atoms with Gasteiger partial charge in [0.15, 0.2) is 11.7 Å². The van der Waals surface area contributed by atoms with E-state index in [4.69, 9.17) is 4.74 Å². The Labute approximate surface area is 202 Å². The SMILES string of the molecule is Cc1cc(C)c2nc(NC(=O)COC(=O)c3cccc(S(=O)(=O)N4CCN(C)CC4)c3)sc2c1. The molecule has 1 amide bonds. The number of hydrogen-bond acceptors (Lipinski definition) is 8. The van der Waals surface area contributed by atoms with E-state index in [2.05, 4.69) is 15.2 Å². The molecule has 2 aromatic carbocycles. The number of sulfonamides is 1. The second-order valence-electron chi connectivity index (χ2n) is 8.31. The number of piperazine rings is 1. The molecule has 0 aliphatic carbocycles. The molecule has 1 aliphatic heterocycles. The Bertz CT molecular complexity index is 1340. The summed E-state index contributed by atoms with van der Waals surface area (Å²) in [5.41, 5.74) is 3.01. The van der Waals surface area contributed by atoms with Gasteiger partial charge in [-0.05, 0) is 56.3 Å².